The molecule has 2 aromatic rings. The Kier molecular flexibility index (Phi) is 6.02. The maximum Gasteiger partial charge on any atom is 0.264 e. The molecule has 0 aliphatic heterocycles. The molecule has 7 heteroatoms. The fourth-order valence-electron chi connectivity index (χ4n) is 2.55. The van der Waals surface area contributed by atoms with Crippen molar-refractivity contribution in [2.45, 2.75) is 32.1 Å². The van der Waals surface area contributed by atoms with Crippen molar-refractivity contribution < 1.29 is 17.6 Å². The summed E-state index contributed by atoms with van der Waals surface area (Å²) in [5, 5.41) is 0. The first kappa shape index (κ1) is 19.9. The van der Waals surface area contributed by atoms with Crippen molar-refractivity contribution in [2.24, 2.45) is 11.7 Å². The molecule has 2 rings (SSSR count). The van der Waals surface area contributed by atoms with Gasteiger partial charge in [0.15, 0.2) is 0 Å². The Balaban J connectivity index is 2.55. The molecule has 0 saturated carbocycles. The zero-order valence-corrected chi connectivity index (χ0v) is 15.9. The van der Waals surface area contributed by atoms with Gasteiger partial charge < -0.3 is 5.73 Å². The van der Waals surface area contributed by atoms with Crippen LogP contribution in [0.4, 0.5) is 10.1 Å². The van der Waals surface area contributed by atoms with E-state index in [2.05, 4.69) is 0 Å². The summed E-state index contributed by atoms with van der Waals surface area (Å²) in [6.07, 6.45) is 0.844. The van der Waals surface area contributed by atoms with E-state index in [9.17, 15) is 17.6 Å². The van der Waals surface area contributed by atoms with Gasteiger partial charge in [0, 0.05) is 6.54 Å². The predicted octanol–water partition coefficient (Wildman–Crippen LogP) is 3.34. The molecule has 0 radical (unpaired) electrons. The van der Waals surface area contributed by atoms with E-state index in [1.807, 2.05) is 32.9 Å². The molecule has 0 fully saturated rings. The molecule has 0 aromatic heterocycles. The van der Waals surface area contributed by atoms with Crippen LogP contribution in [0.25, 0.3) is 0 Å². The third-order valence-corrected chi connectivity index (χ3v) is 5.74. The van der Waals surface area contributed by atoms with Crippen LogP contribution in [0.3, 0.4) is 0 Å². The summed E-state index contributed by atoms with van der Waals surface area (Å²) in [6, 6.07) is 10.3. The first-order valence-corrected chi connectivity index (χ1v) is 9.81. The lowest BCUT2D eigenvalue weighted by atomic mass is 10.1. The second kappa shape index (κ2) is 7.86. The quantitative estimate of drug-likeness (QED) is 0.802. The number of nitrogens with two attached hydrogens (primary N) is 1. The zero-order chi connectivity index (χ0) is 19.5. The lowest BCUT2D eigenvalue weighted by Crippen LogP contribution is -2.34. The molecule has 0 atom stereocenters. The maximum atomic E-state index is 13.7. The largest absolute Gasteiger partial charge is 0.366 e. The summed E-state index contributed by atoms with van der Waals surface area (Å²) >= 11 is 0. The molecule has 0 saturated heterocycles. The van der Waals surface area contributed by atoms with Crippen molar-refractivity contribution in [3.63, 3.8) is 0 Å². The Labute approximate surface area is 153 Å². The summed E-state index contributed by atoms with van der Waals surface area (Å²) < 4.78 is 41.3. The van der Waals surface area contributed by atoms with Gasteiger partial charge in [0.05, 0.1) is 16.1 Å². The van der Waals surface area contributed by atoms with Crippen LogP contribution in [0.1, 0.15) is 36.7 Å². The minimum absolute atomic E-state index is 0.0617. The smallest absolute Gasteiger partial charge is 0.264 e. The molecule has 0 aliphatic rings. The number of halogens is 1. The van der Waals surface area contributed by atoms with Crippen LogP contribution in [0.2, 0.25) is 0 Å². The first-order valence-electron chi connectivity index (χ1n) is 8.37. The third kappa shape index (κ3) is 4.22. The normalized spacial score (nSPS) is 11.6. The number of rotatable bonds is 7. The van der Waals surface area contributed by atoms with E-state index in [0.717, 1.165) is 30.2 Å². The van der Waals surface area contributed by atoms with Gasteiger partial charge in [-0.05, 0) is 48.2 Å². The number of primary amides is 1. The van der Waals surface area contributed by atoms with E-state index >= 15 is 0 Å². The third-order valence-electron chi connectivity index (χ3n) is 3.95. The summed E-state index contributed by atoms with van der Waals surface area (Å²) in [7, 11) is -3.98. The Hall–Kier alpha value is -2.41. The number of carbonyl (C=O) groups excluding carboxylic acids is 1. The number of hydrogen-bond acceptors (Lipinski definition) is 3. The highest BCUT2D eigenvalue weighted by Gasteiger charge is 2.27. The summed E-state index contributed by atoms with van der Waals surface area (Å²) in [6.45, 7) is 6.07. The molecule has 0 bridgehead atoms. The highest BCUT2D eigenvalue weighted by molar-refractivity contribution is 7.92. The van der Waals surface area contributed by atoms with Crippen molar-refractivity contribution in [3.8, 4) is 0 Å². The van der Waals surface area contributed by atoms with Gasteiger partial charge in [-0.2, -0.15) is 0 Å². The van der Waals surface area contributed by atoms with E-state index < -0.39 is 27.3 Å². The molecule has 26 heavy (non-hydrogen) atoms. The van der Waals surface area contributed by atoms with Gasteiger partial charge in [0.25, 0.3) is 15.9 Å². The number of aryl methyl sites for hydroxylation is 1. The average molecular weight is 378 g/mol. The number of amides is 1. The van der Waals surface area contributed by atoms with Crippen LogP contribution >= 0.6 is 0 Å². The van der Waals surface area contributed by atoms with Crippen LogP contribution in [-0.4, -0.2) is 20.9 Å². The van der Waals surface area contributed by atoms with E-state index in [1.165, 1.54) is 4.31 Å². The number of nitrogens with zero attached hydrogens (tertiary/aromatic N) is 1. The van der Waals surface area contributed by atoms with E-state index in [1.54, 1.807) is 12.1 Å². The second-order valence-electron chi connectivity index (χ2n) is 6.46. The minimum atomic E-state index is -3.98. The molecule has 2 N–H and O–H groups in total. The molecular weight excluding hydrogens is 355 g/mol. The molecule has 140 valence electrons. The second-order valence-corrected chi connectivity index (χ2v) is 8.32. The minimum Gasteiger partial charge on any atom is -0.366 e. The summed E-state index contributed by atoms with van der Waals surface area (Å²) in [5.41, 5.74) is 6.30. The van der Waals surface area contributed by atoms with Gasteiger partial charge in [0.1, 0.15) is 5.82 Å². The predicted molar refractivity (Wildman–Crippen MR) is 100 cm³/mol. The van der Waals surface area contributed by atoms with E-state index in [0.29, 0.717) is 5.69 Å². The Morgan fingerprint density at radius 3 is 2.27 bits per heavy atom. The standard InChI is InChI=1S/C19H23FN2O3S/c1-4-14-5-7-15(8-6-14)22(12-13(2)3)26(24,25)16-9-10-18(20)17(11-16)19(21)23/h5-11,13H,4,12H2,1-3H3,(H2,21,23). The Bertz CT molecular complexity index is 894. The van der Waals surface area contributed by atoms with Gasteiger partial charge >= 0.3 is 0 Å². The van der Waals surface area contributed by atoms with Gasteiger partial charge in [-0.3, -0.25) is 9.10 Å². The summed E-state index contributed by atoms with van der Waals surface area (Å²) in [5.74, 6) is -1.80. The Morgan fingerprint density at radius 2 is 1.77 bits per heavy atom. The van der Waals surface area contributed by atoms with E-state index in [-0.39, 0.29) is 17.4 Å². The van der Waals surface area contributed by atoms with Crippen LogP contribution < -0.4 is 10.0 Å². The van der Waals surface area contributed by atoms with Crippen LogP contribution in [0.5, 0.6) is 0 Å². The van der Waals surface area contributed by atoms with Crippen LogP contribution in [0, 0.1) is 11.7 Å². The average Bonchev–Trinajstić information content (AvgIpc) is 2.59. The molecule has 0 aliphatic carbocycles. The molecule has 0 unspecified atom stereocenters. The fraction of sp³-hybridized carbons (Fsp3) is 0.316. The van der Waals surface area contributed by atoms with Crippen molar-refractivity contribution in [1.82, 2.24) is 0 Å². The Morgan fingerprint density at radius 1 is 1.15 bits per heavy atom. The summed E-state index contributed by atoms with van der Waals surface area (Å²) in [4.78, 5) is 11.2. The molecular formula is C19H23FN2O3S. The van der Waals surface area contributed by atoms with Crippen molar-refractivity contribution >= 4 is 21.6 Å². The van der Waals surface area contributed by atoms with E-state index in [4.69, 9.17) is 5.73 Å². The molecule has 1 amide bonds. The number of hydrogen-bond donors (Lipinski definition) is 1. The van der Waals surface area contributed by atoms with Gasteiger partial charge in [-0.25, -0.2) is 12.8 Å². The highest BCUT2D eigenvalue weighted by atomic mass is 32.2. The van der Waals surface area contributed by atoms with Gasteiger partial charge in [0.2, 0.25) is 0 Å². The number of anilines is 1. The fourth-order valence-corrected chi connectivity index (χ4v) is 4.21. The lowest BCUT2D eigenvalue weighted by molar-refractivity contribution is 0.0996. The molecule has 0 heterocycles. The monoisotopic (exact) mass is 378 g/mol. The molecule has 2 aromatic carbocycles. The van der Waals surface area contributed by atoms with Crippen LogP contribution in [-0.2, 0) is 16.4 Å². The highest BCUT2D eigenvalue weighted by Crippen LogP contribution is 2.26. The molecule has 5 nitrogen and oxygen atoms in total. The van der Waals surface area contributed by atoms with Gasteiger partial charge in [-0.1, -0.05) is 32.9 Å². The lowest BCUT2D eigenvalue weighted by Gasteiger charge is -2.26. The SMILES string of the molecule is CCc1ccc(N(CC(C)C)S(=O)(=O)c2ccc(F)c(C(N)=O)c2)cc1. The van der Waals surface area contributed by atoms with Gasteiger partial charge in [-0.15, -0.1) is 0 Å². The molecule has 0 spiro atoms. The zero-order valence-electron chi connectivity index (χ0n) is 15.1. The van der Waals surface area contributed by atoms with Crippen molar-refractivity contribution in [2.75, 3.05) is 10.8 Å². The van der Waals surface area contributed by atoms with Crippen molar-refractivity contribution in [1.29, 1.82) is 0 Å². The van der Waals surface area contributed by atoms with Crippen LogP contribution in [0.15, 0.2) is 47.4 Å². The van der Waals surface area contributed by atoms with Crippen molar-refractivity contribution in [3.05, 3.63) is 59.4 Å². The number of sulfonamides is 1. The first-order chi connectivity index (χ1) is 12.2. The maximum absolute atomic E-state index is 13.7. The topological polar surface area (TPSA) is 80.5 Å². The number of benzene rings is 2. The number of carbonyl (C=O) groups is 1.